The average Bonchev–Trinajstić information content (AvgIpc) is 2.73. The van der Waals surface area contributed by atoms with E-state index in [0.717, 1.165) is 12.5 Å². The van der Waals surface area contributed by atoms with Crippen LogP contribution in [0.15, 0.2) is 48.8 Å². The molecule has 0 spiro atoms. The number of hydrogen-bond acceptors (Lipinski definition) is 5. The first-order valence-corrected chi connectivity index (χ1v) is 9.59. The molecule has 2 N–H and O–H groups in total. The summed E-state index contributed by atoms with van der Waals surface area (Å²) < 4.78 is 79.3. The molecule has 0 amide bonds. The summed E-state index contributed by atoms with van der Waals surface area (Å²) >= 11 is 0. The first-order chi connectivity index (χ1) is 15.0. The maximum atomic E-state index is 13.5. The van der Waals surface area contributed by atoms with Gasteiger partial charge >= 0.3 is 12.4 Å². The van der Waals surface area contributed by atoms with Crippen molar-refractivity contribution in [1.82, 2.24) is 15.0 Å². The van der Waals surface area contributed by atoms with E-state index in [4.69, 9.17) is 0 Å². The van der Waals surface area contributed by atoms with E-state index in [1.54, 1.807) is 18.3 Å². The topological polar surface area (TPSA) is 62.7 Å². The predicted molar refractivity (Wildman–Crippen MR) is 108 cm³/mol. The predicted octanol–water partition coefficient (Wildman–Crippen LogP) is 6.53. The van der Waals surface area contributed by atoms with E-state index < -0.39 is 29.2 Å². The van der Waals surface area contributed by atoms with E-state index in [-0.39, 0.29) is 23.9 Å². The Hall–Kier alpha value is -3.37. The van der Waals surface area contributed by atoms with Crippen LogP contribution >= 0.6 is 0 Å². The van der Waals surface area contributed by atoms with Crippen LogP contribution in [0, 0.1) is 0 Å². The SMILES string of the molecule is CC[C@@H](C)Nc1nc(Nc2ccc(C(F)(F)F)cc2C(F)(F)F)cc(-c2cccnc2)n1. The van der Waals surface area contributed by atoms with Crippen molar-refractivity contribution in [2.75, 3.05) is 10.6 Å². The highest BCUT2D eigenvalue weighted by molar-refractivity contribution is 5.69. The molecule has 0 radical (unpaired) electrons. The Bertz CT molecular complexity index is 1070. The Balaban J connectivity index is 2.07. The Labute approximate surface area is 179 Å². The molecule has 1 aromatic carbocycles. The van der Waals surface area contributed by atoms with Crippen LogP contribution in [0.3, 0.4) is 0 Å². The molecule has 5 nitrogen and oxygen atoms in total. The molecule has 0 aliphatic heterocycles. The maximum absolute atomic E-state index is 13.5. The number of pyridine rings is 1. The fourth-order valence-corrected chi connectivity index (χ4v) is 2.76. The summed E-state index contributed by atoms with van der Waals surface area (Å²) in [6.45, 7) is 3.81. The first kappa shape index (κ1) is 23.3. The Morgan fingerprint density at radius 2 is 1.72 bits per heavy atom. The number of hydrogen-bond donors (Lipinski definition) is 2. The molecule has 0 aliphatic rings. The highest BCUT2D eigenvalue weighted by Gasteiger charge is 2.38. The zero-order chi connectivity index (χ0) is 23.5. The second-order valence-electron chi connectivity index (χ2n) is 7.04. The fourth-order valence-electron chi connectivity index (χ4n) is 2.76. The minimum atomic E-state index is -5.01. The van der Waals surface area contributed by atoms with E-state index in [0.29, 0.717) is 17.3 Å². The van der Waals surface area contributed by atoms with Crippen molar-refractivity contribution in [3.8, 4) is 11.3 Å². The van der Waals surface area contributed by atoms with Gasteiger partial charge in [0, 0.05) is 30.1 Å². The van der Waals surface area contributed by atoms with E-state index in [2.05, 4.69) is 25.6 Å². The van der Waals surface area contributed by atoms with Gasteiger partial charge in [0.1, 0.15) is 5.82 Å². The monoisotopic (exact) mass is 455 g/mol. The second kappa shape index (κ2) is 9.01. The number of aromatic nitrogens is 3. The van der Waals surface area contributed by atoms with Gasteiger partial charge in [-0.3, -0.25) is 4.98 Å². The van der Waals surface area contributed by atoms with Crippen LogP contribution < -0.4 is 10.6 Å². The molecule has 2 aromatic heterocycles. The van der Waals surface area contributed by atoms with Crippen LogP contribution in [-0.4, -0.2) is 21.0 Å². The molecular formula is C21H19F6N5. The Kier molecular flexibility index (Phi) is 6.56. The molecule has 170 valence electrons. The molecule has 3 aromatic rings. The van der Waals surface area contributed by atoms with Gasteiger partial charge in [-0.25, -0.2) is 4.98 Å². The van der Waals surface area contributed by atoms with Crippen molar-refractivity contribution in [2.45, 2.75) is 38.7 Å². The molecule has 1 atom stereocenters. The number of halogens is 6. The van der Waals surface area contributed by atoms with Crippen LogP contribution in [0.25, 0.3) is 11.3 Å². The summed E-state index contributed by atoms with van der Waals surface area (Å²) in [4.78, 5) is 12.6. The third-order valence-electron chi connectivity index (χ3n) is 4.59. The summed E-state index contributed by atoms with van der Waals surface area (Å²) in [7, 11) is 0. The number of benzene rings is 1. The number of rotatable bonds is 6. The van der Waals surface area contributed by atoms with Gasteiger partial charge in [0.2, 0.25) is 5.95 Å². The molecular weight excluding hydrogens is 436 g/mol. The van der Waals surface area contributed by atoms with Gasteiger partial charge in [0.25, 0.3) is 0 Å². The minimum absolute atomic E-state index is 0.0186. The van der Waals surface area contributed by atoms with E-state index in [1.807, 2.05) is 13.8 Å². The highest BCUT2D eigenvalue weighted by atomic mass is 19.4. The number of nitrogens with one attached hydrogen (secondary N) is 2. The standard InChI is InChI=1S/C21H19F6N5/c1-3-12(2)29-19-31-17(13-5-4-8-28-11-13)10-18(32-19)30-16-7-6-14(20(22,23)24)9-15(16)21(25,26)27/h4-12H,3H2,1-2H3,(H2,29,30,31,32)/t12-/m1/s1. The number of alkyl halides is 6. The highest BCUT2D eigenvalue weighted by Crippen LogP contribution is 2.40. The molecule has 0 aliphatic carbocycles. The molecule has 3 rings (SSSR count). The van der Waals surface area contributed by atoms with Crippen molar-refractivity contribution in [3.63, 3.8) is 0 Å². The average molecular weight is 455 g/mol. The summed E-state index contributed by atoms with van der Waals surface area (Å²) in [5.74, 6) is 0.138. The summed E-state index contributed by atoms with van der Waals surface area (Å²) in [5, 5.41) is 5.55. The van der Waals surface area contributed by atoms with Crippen LogP contribution in [0.1, 0.15) is 31.4 Å². The van der Waals surface area contributed by atoms with Gasteiger partial charge in [-0.2, -0.15) is 31.3 Å². The van der Waals surface area contributed by atoms with Gasteiger partial charge in [-0.1, -0.05) is 6.92 Å². The molecule has 0 bridgehead atoms. The fraction of sp³-hybridized carbons (Fsp3) is 0.286. The molecule has 32 heavy (non-hydrogen) atoms. The van der Waals surface area contributed by atoms with Crippen LogP contribution in [0.2, 0.25) is 0 Å². The summed E-state index contributed by atoms with van der Waals surface area (Å²) in [6.07, 6.45) is -6.10. The van der Waals surface area contributed by atoms with Crippen LogP contribution in [0.5, 0.6) is 0 Å². The molecule has 0 saturated heterocycles. The van der Waals surface area contributed by atoms with Crippen molar-refractivity contribution >= 4 is 17.5 Å². The first-order valence-electron chi connectivity index (χ1n) is 9.59. The lowest BCUT2D eigenvalue weighted by atomic mass is 10.1. The van der Waals surface area contributed by atoms with Crippen molar-refractivity contribution in [1.29, 1.82) is 0 Å². The minimum Gasteiger partial charge on any atom is -0.352 e. The van der Waals surface area contributed by atoms with Crippen molar-refractivity contribution < 1.29 is 26.3 Å². The van der Waals surface area contributed by atoms with E-state index in [1.165, 1.54) is 12.3 Å². The lowest BCUT2D eigenvalue weighted by molar-refractivity contribution is -0.142. The molecule has 0 saturated carbocycles. The summed E-state index contributed by atoms with van der Waals surface area (Å²) in [5.41, 5.74) is -2.44. The van der Waals surface area contributed by atoms with Gasteiger partial charge in [0.05, 0.1) is 22.5 Å². The summed E-state index contributed by atoms with van der Waals surface area (Å²) in [6, 6.07) is 6.15. The third kappa shape index (κ3) is 5.65. The Morgan fingerprint density at radius 3 is 2.31 bits per heavy atom. The van der Waals surface area contributed by atoms with Gasteiger partial charge in [-0.05, 0) is 43.7 Å². The van der Waals surface area contributed by atoms with Crippen LogP contribution in [-0.2, 0) is 12.4 Å². The second-order valence-corrected chi connectivity index (χ2v) is 7.04. The van der Waals surface area contributed by atoms with Gasteiger partial charge < -0.3 is 10.6 Å². The zero-order valence-electron chi connectivity index (χ0n) is 17.0. The van der Waals surface area contributed by atoms with E-state index >= 15 is 0 Å². The lowest BCUT2D eigenvalue weighted by Crippen LogP contribution is -2.17. The van der Waals surface area contributed by atoms with Gasteiger partial charge in [0.15, 0.2) is 0 Å². The Morgan fingerprint density at radius 1 is 0.969 bits per heavy atom. The molecule has 0 unspecified atom stereocenters. The molecule has 0 fully saturated rings. The van der Waals surface area contributed by atoms with E-state index in [9.17, 15) is 26.3 Å². The number of anilines is 3. The molecule has 11 heteroatoms. The van der Waals surface area contributed by atoms with Crippen molar-refractivity contribution in [3.05, 3.63) is 59.9 Å². The normalized spacial score (nSPS) is 13.0. The smallest absolute Gasteiger partial charge is 0.352 e. The third-order valence-corrected chi connectivity index (χ3v) is 4.59. The quantitative estimate of drug-likeness (QED) is 0.414. The van der Waals surface area contributed by atoms with Crippen molar-refractivity contribution in [2.24, 2.45) is 0 Å². The lowest BCUT2D eigenvalue weighted by Gasteiger charge is -2.18. The van der Waals surface area contributed by atoms with Gasteiger partial charge in [-0.15, -0.1) is 0 Å². The largest absolute Gasteiger partial charge is 0.418 e. The maximum Gasteiger partial charge on any atom is 0.418 e. The molecule has 2 heterocycles. The van der Waals surface area contributed by atoms with Crippen LogP contribution in [0.4, 0.5) is 43.8 Å². The zero-order valence-corrected chi connectivity index (χ0v) is 17.0. The number of nitrogens with zero attached hydrogens (tertiary/aromatic N) is 3.